The van der Waals surface area contributed by atoms with Crippen molar-refractivity contribution in [3.8, 4) is 0 Å². The first kappa shape index (κ1) is 13.3. The number of nitrogens with two attached hydrogens (primary N) is 1. The molecule has 0 aromatic heterocycles. The van der Waals surface area contributed by atoms with Gasteiger partial charge in [-0.25, -0.2) is 4.39 Å². The fourth-order valence-corrected chi connectivity index (χ4v) is 1.56. The van der Waals surface area contributed by atoms with Crippen LogP contribution in [0.5, 0.6) is 0 Å². The molecule has 16 heavy (non-hydrogen) atoms. The van der Waals surface area contributed by atoms with Crippen molar-refractivity contribution in [2.45, 2.75) is 19.0 Å². The maximum Gasteiger partial charge on any atom is 0.416 e. The van der Waals surface area contributed by atoms with Crippen LogP contribution < -0.4 is 5.73 Å². The van der Waals surface area contributed by atoms with Crippen molar-refractivity contribution in [1.82, 2.24) is 0 Å². The van der Waals surface area contributed by atoms with Crippen molar-refractivity contribution in [1.29, 1.82) is 0 Å². The molecule has 0 fully saturated rings. The van der Waals surface area contributed by atoms with E-state index in [4.69, 9.17) is 17.3 Å². The van der Waals surface area contributed by atoms with E-state index < -0.39 is 23.1 Å². The molecular formula is C10H10ClF4N. The minimum Gasteiger partial charge on any atom is -0.330 e. The van der Waals surface area contributed by atoms with Crippen LogP contribution in [0.3, 0.4) is 0 Å². The van der Waals surface area contributed by atoms with Crippen LogP contribution >= 0.6 is 11.6 Å². The van der Waals surface area contributed by atoms with Crippen molar-refractivity contribution >= 4 is 11.6 Å². The molecular weight excluding hydrogens is 246 g/mol. The number of hydrogen-bond acceptors (Lipinski definition) is 1. The van der Waals surface area contributed by atoms with E-state index >= 15 is 0 Å². The van der Waals surface area contributed by atoms with Gasteiger partial charge in [0.25, 0.3) is 0 Å². The average Bonchev–Trinajstić information content (AvgIpc) is 2.18. The van der Waals surface area contributed by atoms with Crippen LogP contribution in [-0.2, 0) is 12.6 Å². The Morgan fingerprint density at radius 1 is 1.25 bits per heavy atom. The molecule has 6 heteroatoms. The summed E-state index contributed by atoms with van der Waals surface area (Å²) in [4.78, 5) is 0. The van der Waals surface area contributed by atoms with E-state index in [0.717, 1.165) is 12.1 Å². The molecule has 0 aliphatic carbocycles. The van der Waals surface area contributed by atoms with E-state index in [9.17, 15) is 17.6 Å². The van der Waals surface area contributed by atoms with Crippen molar-refractivity contribution in [3.05, 3.63) is 34.1 Å². The standard InChI is InChI=1S/C10H10ClF4N/c11-8-4-3-7(10(13,14)15)6(9(8)12)2-1-5-16/h3-4H,1-2,5,16H2. The van der Waals surface area contributed by atoms with E-state index in [1.54, 1.807) is 0 Å². The van der Waals surface area contributed by atoms with Gasteiger partial charge in [-0.15, -0.1) is 0 Å². The molecule has 0 atom stereocenters. The zero-order valence-corrected chi connectivity index (χ0v) is 9.00. The third-order valence-electron chi connectivity index (χ3n) is 2.13. The summed E-state index contributed by atoms with van der Waals surface area (Å²) >= 11 is 5.44. The predicted octanol–water partition coefficient (Wildman–Crippen LogP) is 3.39. The Balaban J connectivity index is 3.22. The average molecular weight is 256 g/mol. The summed E-state index contributed by atoms with van der Waals surface area (Å²) in [7, 11) is 0. The topological polar surface area (TPSA) is 26.0 Å². The molecule has 2 N–H and O–H groups in total. The molecule has 0 aliphatic rings. The van der Waals surface area contributed by atoms with Gasteiger partial charge < -0.3 is 5.73 Å². The molecule has 0 spiro atoms. The second kappa shape index (κ2) is 5.01. The van der Waals surface area contributed by atoms with Gasteiger partial charge in [0, 0.05) is 5.56 Å². The Morgan fingerprint density at radius 3 is 2.38 bits per heavy atom. The van der Waals surface area contributed by atoms with Gasteiger partial charge in [0.05, 0.1) is 10.6 Å². The summed E-state index contributed by atoms with van der Waals surface area (Å²) in [6.07, 6.45) is -4.37. The van der Waals surface area contributed by atoms with Crippen LogP contribution in [0.1, 0.15) is 17.5 Å². The van der Waals surface area contributed by atoms with Gasteiger partial charge in [-0.2, -0.15) is 13.2 Å². The highest BCUT2D eigenvalue weighted by Crippen LogP contribution is 2.35. The Labute approximate surface area is 95.2 Å². The highest BCUT2D eigenvalue weighted by molar-refractivity contribution is 6.30. The van der Waals surface area contributed by atoms with Crippen molar-refractivity contribution < 1.29 is 17.6 Å². The zero-order valence-electron chi connectivity index (χ0n) is 8.24. The van der Waals surface area contributed by atoms with Crippen LogP contribution in [-0.4, -0.2) is 6.54 Å². The Morgan fingerprint density at radius 2 is 1.88 bits per heavy atom. The summed E-state index contributed by atoms with van der Waals surface area (Å²) in [5.41, 5.74) is 3.79. The minimum atomic E-state index is -4.57. The van der Waals surface area contributed by atoms with Gasteiger partial charge in [0.2, 0.25) is 0 Å². The predicted molar refractivity (Wildman–Crippen MR) is 53.8 cm³/mol. The van der Waals surface area contributed by atoms with E-state index in [-0.39, 0.29) is 24.4 Å². The van der Waals surface area contributed by atoms with E-state index in [1.165, 1.54) is 0 Å². The van der Waals surface area contributed by atoms with Crippen LogP contribution in [0, 0.1) is 5.82 Å². The quantitative estimate of drug-likeness (QED) is 0.823. The number of benzene rings is 1. The Bertz CT molecular complexity index is 376. The van der Waals surface area contributed by atoms with Crippen LogP contribution in [0.4, 0.5) is 17.6 Å². The molecule has 0 heterocycles. The van der Waals surface area contributed by atoms with Gasteiger partial charge in [-0.3, -0.25) is 0 Å². The summed E-state index contributed by atoms with van der Waals surface area (Å²) < 4.78 is 51.1. The largest absolute Gasteiger partial charge is 0.416 e. The van der Waals surface area contributed by atoms with Crippen molar-refractivity contribution in [3.63, 3.8) is 0 Å². The number of halogens is 5. The fourth-order valence-electron chi connectivity index (χ4n) is 1.38. The number of hydrogen-bond donors (Lipinski definition) is 1. The minimum absolute atomic E-state index is 0.0717. The summed E-state index contributed by atoms with van der Waals surface area (Å²) in [6, 6.07) is 1.70. The highest BCUT2D eigenvalue weighted by atomic mass is 35.5. The molecule has 1 aromatic rings. The molecule has 0 unspecified atom stereocenters. The monoisotopic (exact) mass is 255 g/mol. The van der Waals surface area contributed by atoms with Gasteiger partial charge in [-0.1, -0.05) is 11.6 Å². The molecule has 0 saturated heterocycles. The molecule has 0 bridgehead atoms. The van der Waals surface area contributed by atoms with Crippen LogP contribution in [0.2, 0.25) is 5.02 Å². The summed E-state index contributed by atoms with van der Waals surface area (Å²) in [6.45, 7) is 0.198. The Kier molecular flexibility index (Phi) is 4.15. The molecule has 0 aliphatic heterocycles. The van der Waals surface area contributed by atoms with E-state index in [2.05, 4.69) is 0 Å². The van der Waals surface area contributed by atoms with Crippen molar-refractivity contribution in [2.75, 3.05) is 6.54 Å². The lowest BCUT2D eigenvalue weighted by molar-refractivity contribution is -0.138. The maximum absolute atomic E-state index is 13.4. The zero-order chi connectivity index (χ0) is 12.3. The SMILES string of the molecule is NCCCc1c(C(F)(F)F)ccc(Cl)c1F. The van der Waals surface area contributed by atoms with Gasteiger partial charge in [0.15, 0.2) is 0 Å². The van der Waals surface area contributed by atoms with Crippen LogP contribution in [0.15, 0.2) is 12.1 Å². The first-order valence-corrected chi connectivity index (χ1v) is 5.00. The van der Waals surface area contributed by atoms with Gasteiger partial charge in [0.1, 0.15) is 5.82 Å². The first-order chi connectivity index (χ1) is 7.38. The fraction of sp³-hybridized carbons (Fsp3) is 0.400. The first-order valence-electron chi connectivity index (χ1n) is 4.62. The molecule has 1 nitrogen and oxygen atoms in total. The maximum atomic E-state index is 13.4. The molecule has 90 valence electrons. The molecule has 0 amide bonds. The van der Waals surface area contributed by atoms with Gasteiger partial charge in [-0.05, 0) is 31.5 Å². The summed E-state index contributed by atoms with van der Waals surface area (Å²) in [5, 5.41) is -0.306. The van der Waals surface area contributed by atoms with E-state index in [0.29, 0.717) is 0 Å². The van der Waals surface area contributed by atoms with Crippen molar-refractivity contribution in [2.24, 2.45) is 5.73 Å². The molecule has 0 radical (unpaired) electrons. The van der Waals surface area contributed by atoms with Crippen LogP contribution in [0.25, 0.3) is 0 Å². The summed E-state index contributed by atoms with van der Waals surface area (Å²) in [5.74, 6) is -1.01. The van der Waals surface area contributed by atoms with Gasteiger partial charge >= 0.3 is 6.18 Å². The molecule has 1 rings (SSSR count). The second-order valence-corrected chi connectivity index (χ2v) is 3.68. The number of rotatable bonds is 3. The molecule has 0 saturated carbocycles. The lowest BCUT2D eigenvalue weighted by Gasteiger charge is -2.14. The highest BCUT2D eigenvalue weighted by Gasteiger charge is 2.34. The molecule has 1 aromatic carbocycles. The third-order valence-corrected chi connectivity index (χ3v) is 2.42. The lowest BCUT2D eigenvalue weighted by Crippen LogP contribution is -2.12. The smallest absolute Gasteiger partial charge is 0.330 e. The van der Waals surface area contributed by atoms with E-state index in [1.807, 2.05) is 0 Å². The number of alkyl halides is 3. The third kappa shape index (κ3) is 2.86. The lowest BCUT2D eigenvalue weighted by atomic mass is 10.0. The normalized spacial score (nSPS) is 11.9. The Hall–Kier alpha value is -0.810. The second-order valence-electron chi connectivity index (χ2n) is 3.28.